The number of aryl methyl sites for hydroxylation is 1. The van der Waals surface area contributed by atoms with Crippen molar-refractivity contribution in [3.63, 3.8) is 0 Å². The van der Waals surface area contributed by atoms with Crippen molar-refractivity contribution in [2.75, 3.05) is 17.4 Å². The predicted molar refractivity (Wildman–Crippen MR) is 176 cm³/mol. The molecule has 1 atom stereocenters. The molecule has 4 aromatic carbocycles. The summed E-state index contributed by atoms with van der Waals surface area (Å²) in [6.07, 6.45) is 0.250. The first-order valence-electron chi connectivity index (χ1n) is 14.5. The molecule has 0 saturated carbocycles. The van der Waals surface area contributed by atoms with Gasteiger partial charge < -0.3 is 10.2 Å². The van der Waals surface area contributed by atoms with Crippen molar-refractivity contribution in [3.8, 4) is 0 Å². The second kappa shape index (κ2) is 15.0. The van der Waals surface area contributed by atoms with Crippen LogP contribution in [0.1, 0.15) is 30.5 Å². The van der Waals surface area contributed by atoms with Crippen molar-refractivity contribution >= 4 is 39.1 Å². The fraction of sp³-hybridized carbons (Fsp3) is 0.257. The third-order valence-corrected chi connectivity index (χ3v) is 9.22. The van der Waals surface area contributed by atoms with Gasteiger partial charge in [0, 0.05) is 19.5 Å². The lowest BCUT2D eigenvalue weighted by atomic mass is 10.0. The van der Waals surface area contributed by atoms with Gasteiger partial charge in [-0.15, -0.1) is 0 Å². The summed E-state index contributed by atoms with van der Waals surface area (Å²) in [6, 6.07) is 30.7. The van der Waals surface area contributed by atoms with Crippen LogP contribution in [-0.2, 0) is 32.6 Å². The van der Waals surface area contributed by atoms with Gasteiger partial charge in [-0.2, -0.15) is 0 Å². The maximum absolute atomic E-state index is 14.5. The molecule has 0 saturated heterocycles. The van der Waals surface area contributed by atoms with Crippen LogP contribution in [0.2, 0.25) is 5.02 Å². The first-order valence-corrected chi connectivity index (χ1v) is 16.4. The minimum Gasteiger partial charge on any atom is -0.354 e. The van der Waals surface area contributed by atoms with Gasteiger partial charge in [-0.1, -0.05) is 116 Å². The van der Waals surface area contributed by atoms with E-state index in [1.54, 1.807) is 42.5 Å². The summed E-state index contributed by atoms with van der Waals surface area (Å²) in [7, 11) is -4.21. The molecule has 0 fully saturated rings. The Balaban J connectivity index is 1.80. The van der Waals surface area contributed by atoms with Gasteiger partial charge in [-0.05, 0) is 48.2 Å². The maximum atomic E-state index is 14.5. The predicted octanol–water partition coefficient (Wildman–Crippen LogP) is 6.26. The molecule has 4 aromatic rings. The minimum absolute atomic E-state index is 0.0217. The molecule has 0 heterocycles. The van der Waals surface area contributed by atoms with Crippen LogP contribution in [0.5, 0.6) is 0 Å². The van der Waals surface area contributed by atoms with Crippen molar-refractivity contribution in [1.82, 2.24) is 10.2 Å². The van der Waals surface area contributed by atoms with Crippen molar-refractivity contribution in [3.05, 3.63) is 131 Å². The monoisotopic (exact) mass is 631 g/mol. The minimum atomic E-state index is -4.21. The number of hydrogen-bond donors (Lipinski definition) is 1. The number of halogens is 1. The number of benzene rings is 4. The normalized spacial score (nSPS) is 12.0. The number of carbonyl (C=O) groups is 2. The number of anilines is 1. The van der Waals surface area contributed by atoms with Crippen LogP contribution in [-0.4, -0.2) is 44.3 Å². The Morgan fingerprint density at radius 3 is 2.07 bits per heavy atom. The number of sulfonamides is 1. The van der Waals surface area contributed by atoms with E-state index in [4.69, 9.17) is 11.6 Å². The largest absolute Gasteiger partial charge is 0.354 e. The van der Waals surface area contributed by atoms with E-state index in [9.17, 15) is 18.0 Å². The molecule has 2 amide bonds. The van der Waals surface area contributed by atoms with Crippen LogP contribution in [0.25, 0.3) is 0 Å². The molecular formula is C35H38ClN3O4S. The van der Waals surface area contributed by atoms with Crippen LogP contribution < -0.4 is 9.62 Å². The second-order valence-corrected chi connectivity index (χ2v) is 13.4. The molecule has 0 aromatic heterocycles. The number of nitrogens with zero attached hydrogens (tertiary/aromatic N) is 2. The summed E-state index contributed by atoms with van der Waals surface area (Å²) < 4.78 is 29.1. The highest BCUT2D eigenvalue weighted by molar-refractivity contribution is 7.92. The van der Waals surface area contributed by atoms with Crippen molar-refractivity contribution in [1.29, 1.82) is 0 Å². The average molecular weight is 632 g/mol. The Morgan fingerprint density at radius 2 is 1.43 bits per heavy atom. The van der Waals surface area contributed by atoms with Crippen molar-refractivity contribution in [2.45, 2.75) is 44.7 Å². The molecule has 0 aliphatic carbocycles. The van der Waals surface area contributed by atoms with E-state index >= 15 is 0 Å². The molecule has 1 unspecified atom stereocenters. The van der Waals surface area contributed by atoms with Crippen molar-refractivity contribution < 1.29 is 18.0 Å². The lowest BCUT2D eigenvalue weighted by Gasteiger charge is -2.34. The summed E-state index contributed by atoms with van der Waals surface area (Å²) in [4.78, 5) is 29.8. The van der Waals surface area contributed by atoms with Gasteiger partial charge in [-0.3, -0.25) is 13.9 Å². The fourth-order valence-electron chi connectivity index (χ4n) is 4.87. The van der Waals surface area contributed by atoms with Crippen LogP contribution in [0, 0.1) is 12.8 Å². The van der Waals surface area contributed by atoms with Crippen LogP contribution in [0.4, 0.5) is 5.69 Å². The Hall–Kier alpha value is -4.14. The number of rotatable bonds is 13. The van der Waals surface area contributed by atoms with E-state index in [1.165, 1.54) is 17.0 Å². The molecule has 4 rings (SSSR count). The maximum Gasteiger partial charge on any atom is 0.264 e. The highest BCUT2D eigenvalue weighted by Gasteiger charge is 2.35. The quantitative estimate of drug-likeness (QED) is 0.189. The van der Waals surface area contributed by atoms with E-state index < -0.39 is 28.5 Å². The van der Waals surface area contributed by atoms with E-state index in [0.717, 1.165) is 21.0 Å². The Bertz CT molecular complexity index is 1660. The Kier molecular flexibility index (Phi) is 11.2. The molecule has 230 valence electrons. The van der Waals surface area contributed by atoms with Gasteiger partial charge in [0.15, 0.2) is 0 Å². The standard InChI is InChI=1S/C35H38ClN3O4S/c1-26(2)23-37-35(41)33(22-28-14-6-4-7-15-28)38(24-29-16-12-13-27(3)21-29)34(40)25-39(32-20-11-10-19-31(32)36)44(42,43)30-17-8-5-9-18-30/h4-21,26,33H,22-25H2,1-3H3,(H,37,41). The first-order chi connectivity index (χ1) is 21.1. The highest BCUT2D eigenvalue weighted by atomic mass is 35.5. The molecule has 1 N–H and O–H groups in total. The summed E-state index contributed by atoms with van der Waals surface area (Å²) in [5, 5.41) is 3.18. The van der Waals surface area contributed by atoms with Crippen LogP contribution in [0.15, 0.2) is 114 Å². The molecule has 0 aliphatic heterocycles. The van der Waals surface area contributed by atoms with E-state index in [0.29, 0.717) is 6.54 Å². The number of amides is 2. The van der Waals surface area contributed by atoms with Gasteiger partial charge >= 0.3 is 0 Å². The fourth-order valence-corrected chi connectivity index (χ4v) is 6.61. The van der Waals surface area contributed by atoms with E-state index in [1.807, 2.05) is 75.4 Å². The number of hydrogen-bond acceptors (Lipinski definition) is 4. The zero-order valence-electron chi connectivity index (χ0n) is 25.2. The molecule has 0 aliphatic rings. The summed E-state index contributed by atoms with van der Waals surface area (Å²) in [6.45, 7) is 5.93. The lowest BCUT2D eigenvalue weighted by molar-refractivity contribution is -0.140. The summed E-state index contributed by atoms with van der Waals surface area (Å²) in [5.41, 5.74) is 2.87. The molecule has 44 heavy (non-hydrogen) atoms. The third-order valence-electron chi connectivity index (χ3n) is 7.12. The Labute approximate surface area is 265 Å². The molecular weight excluding hydrogens is 594 g/mol. The van der Waals surface area contributed by atoms with E-state index in [-0.39, 0.29) is 40.4 Å². The van der Waals surface area contributed by atoms with Gasteiger partial charge in [0.1, 0.15) is 12.6 Å². The average Bonchev–Trinajstić information content (AvgIpc) is 3.01. The molecule has 0 radical (unpaired) electrons. The third kappa shape index (κ3) is 8.49. The summed E-state index contributed by atoms with van der Waals surface area (Å²) >= 11 is 6.52. The zero-order valence-corrected chi connectivity index (χ0v) is 26.8. The molecule has 9 heteroatoms. The molecule has 0 spiro atoms. The van der Waals surface area contributed by atoms with Gasteiger partial charge in [0.2, 0.25) is 11.8 Å². The highest BCUT2D eigenvalue weighted by Crippen LogP contribution is 2.31. The number of carbonyl (C=O) groups excluding carboxylic acids is 2. The van der Waals surface area contributed by atoms with Crippen LogP contribution >= 0.6 is 11.6 Å². The Morgan fingerprint density at radius 1 is 0.818 bits per heavy atom. The van der Waals surface area contributed by atoms with Gasteiger partial charge in [-0.25, -0.2) is 8.42 Å². The topological polar surface area (TPSA) is 86.8 Å². The first kappa shape index (κ1) is 32.8. The molecule has 0 bridgehead atoms. The van der Waals surface area contributed by atoms with Gasteiger partial charge in [0.05, 0.1) is 15.6 Å². The number of nitrogens with one attached hydrogen (secondary N) is 1. The second-order valence-electron chi connectivity index (χ2n) is 11.1. The number of para-hydroxylation sites is 1. The lowest BCUT2D eigenvalue weighted by Crippen LogP contribution is -2.53. The molecule has 7 nitrogen and oxygen atoms in total. The van der Waals surface area contributed by atoms with Gasteiger partial charge in [0.25, 0.3) is 10.0 Å². The van der Waals surface area contributed by atoms with Crippen LogP contribution in [0.3, 0.4) is 0 Å². The van der Waals surface area contributed by atoms with Crippen molar-refractivity contribution in [2.24, 2.45) is 5.92 Å². The summed E-state index contributed by atoms with van der Waals surface area (Å²) in [5.74, 6) is -0.644. The SMILES string of the molecule is Cc1cccc(CN(C(=O)CN(c2ccccc2Cl)S(=O)(=O)c2ccccc2)C(Cc2ccccc2)C(=O)NCC(C)C)c1. The van der Waals surface area contributed by atoms with E-state index in [2.05, 4.69) is 5.32 Å². The smallest absolute Gasteiger partial charge is 0.264 e. The zero-order chi connectivity index (χ0) is 31.7.